The van der Waals surface area contributed by atoms with Crippen molar-refractivity contribution in [3.05, 3.63) is 35.4 Å². The zero-order chi connectivity index (χ0) is 12.5. The molecule has 0 bridgehead atoms. The number of hydrogen-bond donors (Lipinski definition) is 1. The van der Waals surface area contributed by atoms with E-state index in [1.54, 1.807) is 0 Å². The molecule has 4 heteroatoms. The lowest BCUT2D eigenvalue weighted by Gasteiger charge is -2.28. The summed E-state index contributed by atoms with van der Waals surface area (Å²) in [5.41, 5.74) is -0.710. The van der Waals surface area contributed by atoms with E-state index in [1.165, 1.54) is 18.2 Å². The summed E-state index contributed by atoms with van der Waals surface area (Å²) in [4.78, 5) is 0. The van der Waals surface area contributed by atoms with E-state index in [2.05, 4.69) is 0 Å². The lowest BCUT2D eigenvalue weighted by molar-refractivity contribution is -0.139. The number of benzene rings is 1. The molecule has 0 heterocycles. The van der Waals surface area contributed by atoms with Crippen LogP contribution in [0.5, 0.6) is 0 Å². The Balaban J connectivity index is 2.18. The molecule has 2 rings (SSSR count). The van der Waals surface area contributed by atoms with E-state index in [1.807, 2.05) is 0 Å². The summed E-state index contributed by atoms with van der Waals surface area (Å²) in [6.07, 6.45) is -1.79. The van der Waals surface area contributed by atoms with Crippen LogP contribution in [-0.4, -0.2) is 5.11 Å². The molecule has 0 amide bonds. The van der Waals surface area contributed by atoms with Gasteiger partial charge in [0.05, 0.1) is 11.7 Å². The maximum atomic E-state index is 12.7. The van der Waals surface area contributed by atoms with E-state index >= 15 is 0 Å². The Labute approximate surface area is 98.3 Å². The second-order valence-electron chi connectivity index (χ2n) is 4.63. The Morgan fingerprint density at radius 1 is 1.24 bits per heavy atom. The highest BCUT2D eigenvalue weighted by molar-refractivity contribution is 5.31. The largest absolute Gasteiger partial charge is 0.416 e. The topological polar surface area (TPSA) is 20.2 Å². The smallest absolute Gasteiger partial charge is 0.388 e. The Morgan fingerprint density at radius 2 is 1.88 bits per heavy atom. The van der Waals surface area contributed by atoms with Crippen molar-refractivity contribution >= 4 is 0 Å². The molecule has 1 nitrogen and oxygen atoms in total. The molecule has 0 radical (unpaired) electrons. The summed E-state index contributed by atoms with van der Waals surface area (Å²) in [5.74, 6) is 0.381. The van der Waals surface area contributed by atoms with Gasteiger partial charge in [0, 0.05) is 0 Å². The summed E-state index contributed by atoms with van der Waals surface area (Å²) in [6, 6.07) is 5.28. The van der Waals surface area contributed by atoms with E-state index in [-0.39, 0.29) is 5.56 Å². The molecule has 94 valence electrons. The predicted molar refractivity (Wildman–Crippen MR) is 58.4 cm³/mol. The van der Waals surface area contributed by atoms with Gasteiger partial charge in [0.2, 0.25) is 0 Å². The summed E-state index contributed by atoms with van der Waals surface area (Å²) in [5, 5.41) is 9.90. The van der Waals surface area contributed by atoms with Crippen LogP contribution in [0.25, 0.3) is 0 Å². The van der Waals surface area contributed by atoms with Gasteiger partial charge in [-0.3, -0.25) is 0 Å². The molecule has 1 fully saturated rings. The second kappa shape index (κ2) is 4.69. The zero-order valence-corrected chi connectivity index (χ0v) is 9.37. The molecule has 1 atom stereocenters. The summed E-state index contributed by atoms with van der Waals surface area (Å²) in [7, 11) is 0. The highest BCUT2D eigenvalue weighted by atomic mass is 19.4. The molecule has 1 aliphatic carbocycles. The number of rotatable bonds is 3. The predicted octanol–water partition coefficient (Wildman–Crippen LogP) is 3.93. The van der Waals surface area contributed by atoms with Crippen LogP contribution in [0.15, 0.2) is 24.3 Å². The third-order valence-corrected chi connectivity index (χ3v) is 3.41. The number of aliphatic hydroxyl groups is 1. The van der Waals surface area contributed by atoms with Gasteiger partial charge in [-0.05, 0) is 24.0 Å². The standard InChI is InChI=1S/C13H15F3O/c14-13(15,16)11-7-2-1-6-10(11)12(17)8-9-4-3-5-9/h1-2,6-7,9,12,17H,3-5,8H2. The quantitative estimate of drug-likeness (QED) is 0.854. The third kappa shape index (κ3) is 2.80. The SMILES string of the molecule is OC(CC1CCC1)c1ccccc1C(F)(F)F. The Kier molecular flexibility index (Phi) is 3.43. The van der Waals surface area contributed by atoms with Gasteiger partial charge in [0.15, 0.2) is 0 Å². The molecule has 1 aromatic carbocycles. The Bertz CT molecular complexity index is 382. The highest BCUT2D eigenvalue weighted by Gasteiger charge is 2.35. The molecule has 1 unspecified atom stereocenters. The molecule has 17 heavy (non-hydrogen) atoms. The van der Waals surface area contributed by atoms with Gasteiger partial charge in [0.1, 0.15) is 0 Å². The molecule has 1 aromatic rings. The third-order valence-electron chi connectivity index (χ3n) is 3.41. The molecule has 0 spiro atoms. The van der Waals surface area contributed by atoms with Gasteiger partial charge in [-0.15, -0.1) is 0 Å². The Hall–Kier alpha value is -1.03. The van der Waals surface area contributed by atoms with Crippen molar-refractivity contribution in [1.82, 2.24) is 0 Å². The van der Waals surface area contributed by atoms with Crippen LogP contribution in [0, 0.1) is 5.92 Å². The van der Waals surface area contributed by atoms with E-state index < -0.39 is 17.8 Å². The molecule has 0 aliphatic heterocycles. The monoisotopic (exact) mass is 244 g/mol. The molecule has 1 saturated carbocycles. The normalized spacial score (nSPS) is 18.8. The van der Waals surface area contributed by atoms with Crippen molar-refractivity contribution in [1.29, 1.82) is 0 Å². The summed E-state index contributed by atoms with van der Waals surface area (Å²) < 4.78 is 38.2. The van der Waals surface area contributed by atoms with E-state index in [0.717, 1.165) is 25.3 Å². The number of hydrogen-bond acceptors (Lipinski definition) is 1. The molecular formula is C13H15F3O. The highest BCUT2D eigenvalue weighted by Crippen LogP contribution is 2.39. The number of aliphatic hydroxyl groups excluding tert-OH is 1. The second-order valence-corrected chi connectivity index (χ2v) is 4.63. The van der Waals surface area contributed by atoms with E-state index in [0.29, 0.717) is 12.3 Å². The lowest BCUT2D eigenvalue weighted by Crippen LogP contribution is -2.17. The van der Waals surface area contributed by atoms with Gasteiger partial charge >= 0.3 is 6.18 Å². The van der Waals surface area contributed by atoms with Crippen LogP contribution in [0.4, 0.5) is 13.2 Å². The van der Waals surface area contributed by atoms with Crippen molar-refractivity contribution in [3.8, 4) is 0 Å². The lowest BCUT2D eigenvalue weighted by atomic mass is 9.80. The maximum absolute atomic E-state index is 12.7. The molecule has 0 aromatic heterocycles. The van der Waals surface area contributed by atoms with Crippen LogP contribution in [-0.2, 0) is 6.18 Å². The minimum absolute atomic E-state index is 0.00639. The minimum atomic E-state index is -4.39. The van der Waals surface area contributed by atoms with Crippen molar-refractivity contribution in [2.45, 2.75) is 38.0 Å². The van der Waals surface area contributed by atoms with Crippen LogP contribution in [0.1, 0.15) is 42.9 Å². The summed E-state index contributed by atoms with van der Waals surface area (Å²) in [6.45, 7) is 0. The molecule has 1 aliphatic rings. The van der Waals surface area contributed by atoms with E-state index in [4.69, 9.17) is 0 Å². The molecule has 0 saturated heterocycles. The van der Waals surface area contributed by atoms with E-state index in [9.17, 15) is 18.3 Å². The summed E-state index contributed by atoms with van der Waals surface area (Å²) >= 11 is 0. The first-order valence-electron chi connectivity index (χ1n) is 5.82. The maximum Gasteiger partial charge on any atom is 0.416 e. The first-order chi connectivity index (χ1) is 7.98. The molecular weight excluding hydrogens is 229 g/mol. The Morgan fingerprint density at radius 3 is 2.41 bits per heavy atom. The van der Waals surface area contributed by atoms with Crippen molar-refractivity contribution < 1.29 is 18.3 Å². The first-order valence-corrected chi connectivity index (χ1v) is 5.82. The van der Waals surface area contributed by atoms with Crippen molar-refractivity contribution in [3.63, 3.8) is 0 Å². The minimum Gasteiger partial charge on any atom is -0.388 e. The van der Waals surface area contributed by atoms with Crippen LogP contribution in [0.3, 0.4) is 0 Å². The van der Waals surface area contributed by atoms with Gasteiger partial charge in [0.25, 0.3) is 0 Å². The van der Waals surface area contributed by atoms with Crippen LogP contribution >= 0.6 is 0 Å². The van der Waals surface area contributed by atoms with Crippen molar-refractivity contribution in [2.75, 3.05) is 0 Å². The molecule has 1 N–H and O–H groups in total. The fourth-order valence-corrected chi connectivity index (χ4v) is 2.22. The van der Waals surface area contributed by atoms with Crippen LogP contribution < -0.4 is 0 Å². The van der Waals surface area contributed by atoms with Crippen molar-refractivity contribution in [2.24, 2.45) is 5.92 Å². The van der Waals surface area contributed by atoms with Gasteiger partial charge in [-0.25, -0.2) is 0 Å². The fourth-order valence-electron chi connectivity index (χ4n) is 2.22. The van der Waals surface area contributed by atoms with Gasteiger partial charge < -0.3 is 5.11 Å². The average Bonchev–Trinajstić information content (AvgIpc) is 2.22. The van der Waals surface area contributed by atoms with Gasteiger partial charge in [-0.1, -0.05) is 37.5 Å². The first kappa shape index (κ1) is 12.4. The average molecular weight is 244 g/mol. The van der Waals surface area contributed by atoms with Gasteiger partial charge in [-0.2, -0.15) is 13.2 Å². The van der Waals surface area contributed by atoms with Crippen LogP contribution in [0.2, 0.25) is 0 Å². The number of alkyl halides is 3. The zero-order valence-electron chi connectivity index (χ0n) is 9.37. The fraction of sp³-hybridized carbons (Fsp3) is 0.538. The number of halogens is 3.